The summed E-state index contributed by atoms with van der Waals surface area (Å²) >= 11 is 0. The number of benzene rings is 1. The molecule has 0 aliphatic heterocycles. The van der Waals surface area contributed by atoms with Crippen LogP contribution >= 0.6 is 0 Å². The van der Waals surface area contributed by atoms with Crippen molar-refractivity contribution in [1.82, 2.24) is 0 Å². The molecule has 0 aromatic heterocycles. The van der Waals surface area contributed by atoms with Crippen LogP contribution in [0.1, 0.15) is 43.5 Å². The van der Waals surface area contributed by atoms with Crippen LogP contribution in [-0.2, 0) is 4.74 Å². The molecule has 1 aliphatic carbocycles. The van der Waals surface area contributed by atoms with Gasteiger partial charge in [-0.2, -0.15) is 0 Å². The number of hydrogen-bond acceptors (Lipinski definition) is 3. The number of rotatable bonds is 3. The number of methoxy groups -OCH3 is 1. The van der Waals surface area contributed by atoms with Crippen LogP contribution in [0.25, 0.3) is 0 Å². The molecule has 3 atom stereocenters. The van der Waals surface area contributed by atoms with Crippen LogP contribution < -0.4 is 5.32 Å². The van der Waals surface area contributed by atoms with Crippen molar-refractivity contribution in [2.45, 2.75) is 39.2 Å². The molecule has 3 unspecified atom stereocenters. The molecule has 0 amide bonds. The van der Waals surface area contributed by atoms with E-state index in [-0.39, 0.29) is 5.97 Å². The quantitative estimate of drug-likeness (QED) is 0.843. The summed E-state index contributed by atoms with van der Waals surface area (Å²) in [5, 5.41) is 3.58. The fourth-order valence-corrected chi connectivity index (χ4v) is 2.91. The highest BCUT2D eigenvalue weighted by molar-refractivity contribution is 5.89. The largest absolute Gasteiger partial charge is 0.465 e. The number of carbonyl (C=O) groups excluding carboxylic acids is 1. The van der Waals surface area contributed by atoms with E-state index >= 15 is 0 Å². The molecule has 19 heavy (non-hydrogen) atoms. The predicted octanol–water partition coefficient (Wildman–Crippen LogP) is 3.71. The van der Waals surface area contributed by atoms with Crippen LogP contribution in [0, 0.1) is 11.8 Å². The lowest BCUT2D eigenvalue weighted by molar-refractivity contribution is 0.0601. The molecule has 3 heteroatoms. The van der Waals surface area contributed by atoms with Gasteiger partial charge in [0, 0.05) is 11.7 Å². The van der Waals surface area contributed by atoms with Crippen LogP contribution in [0.15, 0.2) is 24.3 Å². The summed E-state index contributed by atoms with van der Waals surface area (Å²) < 4.78 is 4.70. The third-order valence-corrected chi connectivity index (χ3v) is 4.09. The first-order valence-corrected chi connectivity index (χ1v) is 7.05. The minimum absolute atomic E-state index is 0.286. The number of hydrogen-bond donors (Lipinski definition) is 1. The predicted molar refractivity (Wildman–Crippen MR) is 77.4 cm³/mol. The molecule has 1 aromatic rings. The van der Waals surface area contributed by atoms with Gasteiger partial charge in [-0.15, -0.1) is 0 Å². The molecule has 1 aromatic carbocycles. The lowest BCUT2D eigenvalue weighted by atomic mass is 9.80. The zero-order chi connectivity index (χ0) is 13.8. The highest BCUT2D eigenvalue weighted by Crippen LogP contribution is 2.30. The van der Waals surface area contributed by atoms with Gasteiger partial charge in [0.05, 0.1) is 12.7 Å². The molecule has 104 valence electrons. The van der Waals surface area contributed by atoms with Crippen molar-refractivity contribution in [1.29, 1.82) is 0 Å². The topological polar surface area (TPSA) is 38.3 Å². The van der Waals surface area contributed by atoms with Gasteiger partial charge in [-0.05, 0) is 55.4 Å². The van der Waals surface area contributed by atoms with E-state index in [1.807, 2.05) is 24.3 Å². The third-order valence-electron chi connectivity index (χ3n) is 4.09. The Bertz CT molecular complexity index is 427. The van der Waals surface area contributed by atoms with E-state index in [1.54, 1.807) is 0 Å². The van der Waals surface area contributed by atoms with E-state index in [0.29, 0.717) is 17.5 Å². The number of anilines is 1. The van der Waals surface area contributed by atoms with Crippen molar-refractivity contribution >= 4 is 11.7 Å². The molecule has 1 fully saturated rings. The van der Waals surface area contributed by atoms with E-state index in [4.69, 9.17) is 4.74 Å². The van der Waals surface area contributed by atoms with Crippen molar-refractivity contribution in [2.75, 3.05) is 12.4 Å². The maximum absolute atomic E-state index is 11.4. The summed E-state index contributed by atoms with van der Waals surface area (Å²) in [6, 6.07) is 8.07. The van der Waals surface area contributed by atoms with Crippen LogP contribution in [0.5, 0.6) is 0 Å². The van der Waals surface area contributed by atoms with Gasteiger partial charge >= 0.3 is 5.97 Å². The molecule has 0 heterocycles. The van der Waals surface area contributed by atoms with E-state index in [2.05, 4.69) is 19.2 Å². The first-order valence-electron chi connectivity index (χ1n) is 7.05. The molecular formula is C16H23NO2. The van der Waals surface area contributed by atoms with E-state index in [0.717, 1.165) is 11.6 Å². The van der Waals surface area contributed by atoms with E-state index in [1.165, 1.54) is 26.4 Å². The van der Waals surface area contributed by atoms with Gasteiger partial charge in [0.15, 0.2) is 0 Å². The van der Waals surface area contributed by atoms with Gasteiger partial charge < -0.3 is 10.1 Å². The van der Waals surface area contributed by atoms with Gasteiger partial charge in [0.1, 0.15) is 0 Å². The van der Waals surface area contributed by atoms with Crippen LogP contribution in [0.2, 0.25) is 0 Å². The number of ether oxygens (including phenoxy) is 1. The first kappa shape index (κ1) is 13.9. The maximum atomic E-state index is 11.4. The van der Waals surface area contributed by atoms with Crippen molar-refractivity contribution in [3.8, 4) is 0 Å². The Hall–Kier alpha value is -1.51. The van der Waals surface area contributed by atoms with Crippen molar-refractivity contribution in [3.05, 3.63) is 29.8 Å². The van der Waals surface area contributed by atoms with Crippen LogP contribution in [-0.4, -0.2) is 19.1 Å². The van der Waals surface area contributed by atoms with E-state index < -0.39 is 0 Å². The Morgan fingerprint density at radius 1 is 1.21 bits per heavy atom. The molecule has 0 radical (unpaired) electrons. The maximum Gasteiger partial charge on any atom is 0.337 e. The minimum Gasteiger partial charge on any atom is -0.465 e. The molecule has 0 saturated heterocycles. The summed E-state index contributed by atoms with van der Waals surface area (Å²) in [5.41, 5.74) is 1.68. The second-order valence-electron chi connectivity index (χ2n) is 5.72. The summed E-state index contributed by atoms with van der Waals surface area (Å²) in [4.78, 5) is 11.4. The molecule has 0 spiro atoms. The van der Waals surface area contributed by atoms with Crippen molar-refractivity contribution in [3.63, 3.8) is 0 Å². The zero-order valence-corrected chi connectivity index (χ0v) is 12.0. The Morgan fingerprint density at radius 2 is 1.89 bits per heavy atom. The lowest BCUT2D eigenvalue weighted by Crippen LogP contribution is -2.32. The van der Waals surface area contributed by atoms with Crippen molar-refractivity contribution in [2.24, 2.45) is 11.8 Å². The Morgan fingerprint density at radius 3 is 2.47 bits per heavy atom. The number of carbonyl (C=O) groups is 1. The molecule has 1 aliphatic rings. The Labute approximate surface area is 115 Å². The molecule has 1 N–H and O–H groups in total. The average molecular weight is 261 g/mol. The molecule has 0 bridgehead atoms. The van der Waals surface area contributed by atoms with Crippen molar-refractivity contribution < 1.29 is 9.53 Å². The smallest absolute Gasteiger partial charge is 0.337 e. The Kier molecular flexibility index (Phi) is 4.46. The highest BCUT2D eigenvalue weighted by atomic mass is 16.5. The summed E-state index contributed by atoms with van der Waals surface area (Å²) in [7, 11) is 1.40. The fraction of sp³-hybridized carbons (Fsp3) is 0.562. The molecule has 2 rings (SSSR count). The SMILES string of the molecule is COC(=O)c1ccc(NC2CCC(C)CC2C)cc1. The van der Waals surface area contributed by atoms with Crippen LogP contribution in [0.4, 0.5) is 5.69 Å². The van der Waals surface area contributed by atoms with Gasteiger partial charge in [-0.3, -0.25) is 0 Å². The van der Waals surface area contributed by atoms with Gasteiger partial charge in [0.2, 0.25) is 0 Å². The molecular weight excluding hydrogens is 238 g/mol. The molecule has 3 nitrogen and oxygen atoms in total. The van der Waals surface area contributed by atoms with Gasteiger partial charge in [0.25, 0.3) is 0 Å². The standard InChI is InChI=1S/C16H23NO2/c1-11-4-9-15(12(2)10-11)17-14-7-5-13(6-8-14)16(18)19-3/h5-8,11-12,15,17H,4,9-10H2,1-3H3. The van der Waals surface area contributed by atoms with Gasteiger partial charge in [-0.25, -0.2) is 4.79 Å². The highest BCUT2D eigenvalue weighted by Gasteiger charge is 2.24. The van der Waals surface area contributed by atoms with Crippen LogP contribution in [0.3, 0.4) is 0 Å². The first-order chi connectivity index (χ1) is 9.10. The normalized spacial score (nSPS) is 26.8. The number of esters is 1. The third kappa shape index (κ3) is 3.49. The summed E-state index contributed by atoms with van der Waals surface area (Å²) in [5.74, 6) is 1.25. The second kappa shape index (κ2) is 6.09. The zero-order valence-electron chi connectivity index (χ0n) is 12.0. The molecule has 1 saturated carbocycles. The van der Waals surface area contributed by atoms with Gasteiger partial charge in [-0.1, -0.05) is 13.8 Å². The lowest BCUT2D eigenvalue weighted by Gasteiger charge is -2.33. The number of nitrogens with one attached hydrogen (secondary N) is 1. The fourth-order valence-electron chi connectivity index (χ4n) is 2.91. The monoisotopic (exact) mass is 261 g/mol. The summed E-state index contributed by atoms with van der Waals surface area (Å²) in [6.07, 6.45) is 3.81. The minimum atomic E-state index is -0.286. The summed E-state index contributed by atoms with van der Waals surface area (Å²) in [6.45, 7) is 4.65. The van der Waals surface area contributed by atoms with E-state index in [9.17, 15) is 4.79 Å². The Balaban J connectivity index is 1.98. The second-order valence-corrected chi connectivity index (χ2v) is 5.72. The average Bonchev–Trinajstić information content (AvgIpc) is 2.42.